The number of nitrogens with one attached hydrogen (secondary N) is 2. The van der Waals surface area contributed by atoms with Crippen LogP contribution in [0.2, 0.25) is 0 Å². The number of pyridine rings is 1. The third-order valence-electron chi connectivity index (χ3n) is 4.53. The number of nitrogens with zero attached hydrogens (tertiary/aromatic N) is 3. The molecule has 0 saturated carbocycles. The van der Waals surface area contributed by atoms with E-state index in [1.165, 1.54) is 12.1 Å². The number of aromatic amines is 1. The van der Waals surface area contributed by atoms with E-state index in [9.17, 15) is 14.0 Å². The summed E-state index contributed by atoms with van der Waals surface area (Å²) in [4.78, 5) is 27.4. The Morgan fingerprint density at radius 2 is 2.15 bits per heavy atom. The number of rotatable bonds is 4. The Balaban J connectivity index is 1.79. The molecule has 0 aliphatic rings. The van der Waals surface area contributed by atoms with Gasteiger partial charge in [-0.2, -0.15) is 10.4 Å². The van der Waals surface area contributed by atoms with Gasteiger partial charge in [-0.3, -0.25) is 14.3 Å². The van der Waals surface area contributed by atoms with Crippen molar-refractivity contribution in [3.8, 4) is 6.07 Å². The molecule has 2 N–H and O–H groups in total. The van der Waals surface area contributed by atoms with E-state index >= 15 is 0 Å². The SMILES string of the molecule is Cc1nn(C)c2[nH]c(=O)c(CCC(=O)Nc3ccc(F)c(C#N)c3)c(C)c12. The van der Waals surface area contributed by atoms with Crippen LogP contribution in [0.25, 0.3) is 11.0 Å². The summed E-state index contributed by atoms with van der Waals surface area (Å²) in [6.07, 6.45) is 0.331. The van der Waals surface area contributed by atoms with Gasteiger partial charge < -0.3 is 10.3 Å². The Bertz CT molecular complexity index is 1150. The van der Waals surface area contributed by atoms with Gasteiger partial charge in [0.15, 0.2) is 0 Å². The standard InChI is InChI=1S/C19H18FN5O2/c1-10-14(19(27)23-18-17(10)11(2)24-25(18)3)5-7-16(26)22-13-4-6-15(20)12(8-13)9-21/h4,6,8H,5,7H2,1-3H3,(H,22,26)(H,23,27). The fourth-order valence-corrected chi connectivity index (χ4v) is 3.21. The lowest BCUT2D eigenvalue weighted by atomic mass is 10.0. The molecule has 1 amide bonds. The smallest absolute Gasteiger partial charge is 0.253 e. The number of aromatic nitrogens is 3. The second-order valence-electron chi connectivity index (χ2n) is 6.34. The van der Waals surface area contributed by atoms with Crippen molar-refractivity contribution in [2.45, 2.75) is 26.7 Å². The number of hydrogen-bond acceptors (Lipinski definition) is 4. The molecule has 2 heterocycles. The van der Waals surface area contributed by atoms with Gasteiger partial charge in [0.05, 0.1) is 11.3 Å². The number of halogens is 1. The van der Waals surface area contributed by atoms with Crippen molar-refractivity contribution < 1.29 is 9.18 Å². The average molecular weight is 367 g/mol. The Kier molecular flexibility index (Phi) is 4.77. The first-order valence-electron chi connectivity index (χ1n) is 8.36. The summed E-state index contributed by atoms with van der Waals surface area (Å²) < 4.78 is 15.0. The van der Waals surface area contributed by atoms with E-state index in [-0.39, 0.29) is 29.9 Å². The molecular weight excluding hydrogens is 349 g/mol. The number of H-pyrrole nitrogens is 1. The van der Waals surface area contributed by atoms with Gasteiger partial charge >= 0.3 is 0 Å². The van der Waals surface area contributed by atoms with Crippen molar-refractivity contribution in [1.29, 1.82) is 5.26 Å². The molecule has 0 spiro atoms. The Morgan fingerprint density at radius 3 is 2.85 bits per heavy atom. The number of amides is 1. The van der Waals surface area contributed by atoms with Crippen LogP contribution < -0.4 is 10.9 Å². The highest BCUT2D eigenvalue weighted by Gasteiger charge is 2.16. The number of aryl methyl sites for hydroxylation is 3. The van der Waals surface area contributed by atoms with Gasteiger partial charge in [0.2, 0.25) is 5.91 Å². The largest absolute Gasteiger partial charge is 0.326 e. The third kappa shape index (κ3) is 3.44. The van der Waals surface area contributed by atoms with Crippen LogP contribution in [0, 0.1) is 31.0 Å². The van der Waals surface area contributed by atoms with Crippen LogP contribution in [0.3, 0.4) is 0 Å². The van der Waals surface area contributed by atoms with Gasteiger partial charge in [0.25, 0.3) is 5.56 Å². The van der Waals surface area contributed by atoms with Crippen LogP contribution >= 0.6 is 0 Å². The second-order valence-corrected chi connectivity index (χ2v) is 6.34. The molecule has 27 heavy (non-hydrogen) atoms. The molecule has 138 valence electrons. The fraction of sp³-hybridized carbons (Fsp3) is 0.263. The van der Waals surface area contributed by atoms with E-state index in [1.54, 1.807) is 17.8 Å². The second kappa shape index (κ2) is 7.03. The van der Waals surface area contributed by atoms with E-state index in [1.807, 2.05) is 13.8 Å². The number of fused-ring (bicyclic) bond motifs is 1. The molecule has 0 radical (unpaired) electrons. The molecule has 1 aromatic carbocycles. The first kappa shape index (κ1) is 18.3. The van der Waals surface area contributed by atoms with Crippen molar-refractivity contribution in [3.63, 3.8) is 0 Å². The van der Waals surface area contributed by atoms with Gasteiger partial charge in [-0.25, -0.2) is 4.39 Å². The topological polar surface area (TPSA) is 104 Å². The number of benzene rings is 1. The molecule has 3 rings (SSSR count). The van der Waals surface area contributed by atoms with E-state index in [2.05, 4.69) is 15.4 Å². The molecule has 0 atom stereocenters. The summed E-state index contributed by atoms with van der Waals surface area (Å²) in [5.41, 5.74) is 2.75. The number of anilines is 1. The van der Waals surface area contributed by atoms with Crippen molar-refractivity contribution in [2.75, 3.05) is 5.32 Å². The number of hydrogen-bond donors (Lipinski definition) is 2. The minimum atomic E-state index is -0.641. The minimum Gasteiger partial charge on any atom is -0.326 e. The zero-order valence-corrected chi connectivity index (χ0v) is 15.2. The quantitative estimate of drug-likeness (QED) is 0.739. The maximum absolute atomic E-state index is 13.3. The molecular formula is C19H18FN5O2. The molecule has 3 aromatic rings. The molecule has 7 nitrogen and oxygen atoms in total. The maximum atomic E-state index is 13.3. The van der Waals surface area contributed by atoms with Crippen molar-refractivity contribution >= 4 is 22.6 Å². The predicted molar refractivity (Wildman–Crippen MR) is 98.9 cm³/mol. The van der Waals surface area contributed by atoms with E-state index < -0.39 is 5.82 Å². The Hall–Kier alpha value is -3.47. The van der Waals surface area contributed by atoms with Gasteiger partial charge in [-0.05, 0) is 44.0 Å². The van der Waals surface area contributed by atoms with Crippen LogP contribution in [0.1, 0.15) is 28.8 Å². The lowest BCUT2D eigenvalue weighted by Crippen LogP contribution is -2.19. The zero-order chi connectivity index (χ0) is 19.7. The highest BCUT2D eigenvalue weighted by atomic mass is 19.1. The molecule has 0 aliphatic carbocycles. The van der Waals surface area contributed by atoms with Crippen LogP contribution in [-0.4, -0.2) is 20.7 Å². The van der Waals surface area contributed by atoms with Crippen LogP contribution in [-0.2, 0) is 18.3 Å². The molecule has 2 aromatic heterocycles. The highest BCUT2D eigenvalue weighted by molar-refractivity contribution is 5.91. The number of carbonyl (C=O) groups excluding carboxylic acids is 1. The average Bonchev–Trinajstić information content (AvgIpc) is 2.90. The van der Waals surface area contributed by atoms with Gasteiger partial charge in [-0.1, -0.05) is 0 Å². The normalized spacial score (nSPS) is 10.8. The first-order valence-corrected chi connectivity index (χ1v) is 8.36. The number of nitriles is 1. The van der Waals surface area contributed by atoms with E-state index in [4.69, 9.17) is 5.26 Å². The van der Waals surface area contributed by atoms with Crippen molar-refractivity contribution in [3.05, 3.63) is 56.8 Å². The molecule has 0 unspecified atom stereocenters. The summed E-state index contributed by atoms with van der Waals surface area (Å²) in [5.74, 6) is -0.967. The zero-order valence-electron chi connectivity index (χ0n) is 15.2. The van der Waals surface area contributed by atoms with Gasteiger partial charge in [0, 0.05) is 30.1 Å². The highest BCUT2D eigenvalue weighted by Crippen LogP contribution is 2.21. The Morgan fingerprint density at radius 1 is 1.41 bits per heavy atom. The van der Waals surface area contributed by atoms with E-state index in [0.29, 0.717) is 16.9 Å². The van der Waals surface area contributed by atoms with Crippen molar-refractivity contribution in [2.24, 2.45) is 7.05 Å². The molecule has 0 fully saturated rings. The molecule has 0 bridgehead atoms. The van der Waals surface area contributed by atoms with Crippen molar-refractivity contribution in [1.82, 2.24) is 14.8 Å². The molecule has 8 heteroatoms. The Labute approximate surface area is 154 Å². The monoisotopic (exact) mass is 367 g/mol. The summed E-state index contributed by atoms with van der Waals surface area (Å²) in [5, 5.41) is 16.7. The number of carbonyl (C=O) groups is 1. The predicted octanol–water partition coefficient (Wildman–Crippen LogP) is 2.46. The van der Waals surface area contributed by atoms with Gasteiger partial charge in [-0.15, -0.1) is 0 Å². The third-order valence-corrected chi connectivity index (χ3v) is 4.53. The first-order chi connectivity index (χ1) is 12.8. The summed E-state index contributed by atoms with van der Waals surface area (Å²) in [6.45, 7) is 3.71. The van der Waals surface area contributed by atoms with Gasteiger partial charge in [0.1, 0.15) is 17.5 Å². The minimum absolute atomic E-state index is 0.0774. The fourth-order valence-electron chi connectivity index (χ4n) is 3.21. The summed E-state index contributed by atoms with van der Waals surface area (Å²) >= 11 is 0. The molecule has 0 aliphatic heterocycles. The molecule has 0 saturated heterocycles. The van der Waals surface area contributed by atoms with E-state index in [0.717, 1.165) is 22.7 Å². The lowest BCUT2D eigenvalue weighted by Gasteiger charge is -2.08. The van der Waals surface area contributed by atoms with Crippen LogP contribution in [0.5, 0.6) is 0 Å². The maximum Gasteiger partial charge on any atom is 0.253 e. The summed E-state index contributed by atoms with van der Waals surface area (Å²) in [6, 6.07) is 5.51. The summed E-state index contributed by atoms with van der Waals surface area (Å²) in [7, 11) is 1.76. The van der Waals surface area contributed by atoms with Crippen LogP contribution in [0.15, 0.2) is 23.0 Å². The van der Waals surface area contributed by atoms with Crippen LogP contribution in [0.4, 0.5) is 10.1 Å². The lowest BCUT2D eigenvalue weighted by molar-refractivity contribution is -0.116.